The lowest BCUT2D eigenvalue weighted by Gasteiger charge is -2.30. The number of ether oxygens (including phenoxy) is 3. The molecule has 0 N–H and O–H groups in total. The van der Waals surface area contributed by atoms with Crippen molar-refractivity contribution in [2.45, 2.75) is 91.5 Å². The first-order chi connectivity index (χ1) is 14.7. The van der Waals surface area contributed by atoms with Crippen molar-refractivity contribution >= 4 is 8.80 Å². The average Bonchev–Trinajstić information content (AvgIpc) is 2.76. The van der Waals surface area contributed by atoms with E-state index in [0.29, 0.717) is 59.5 Å². The van der Waals surface area contributed by atoms with Gasteiger partial charge < -0.3 is 27.5 Å². The number of hydrogen-bond donors (Lipinski definition) is 0. The number of hydrogen-bond acceptors (Lipinski definition) is 6. The van der Waals surface area contributed by atoms with Crippen LogP contribution in [0, 0.1) is 0 Å². The topological polar surface area (TPSA) is 55.4 Å². The minimum atomic E-state index is -2.77. The Balaban J connectivity index is 4.50. The predicted octanol–water partition coefficient (Wildman–Crippen LogP) is 5.62. The van der Waals surface area contributed by atoms with Crippen LogP contribution in [0.4, 0.5) is 0 Å². The third-order valence-electron chi connectivity index (χ3n) is 4.85. The van der Waals surface area contributed by atoms with Crippen molar-refractivity contribution in [2.24, 2.45) is 0 Å². The van der Waals surface area contributed by atoms with Crippen LogP contribution in [0.25, 0.3) is 0 Å². The third kappa shape index (κ3) is 18.7. The molecule has 30 heavy (non-hydrogen) atoms. The molecule has 7 heteroatoms. The summed E-state index contributed by atoms with van der Waals surface area (Å²) in [4.78, 5) is 0. The highest BCUT2D eigenvalue weighted by atomic mass is 28.4. The van der Waals surface area contributed by atoms with Crippen LogP contribution in [-0.2, 0) is 27.5 Å². The summed E-state index contributed by atoms with van der Waals surface area (Å²) in [6, 6.07) is 0.840. The van der Waals surface area contributed by atoms with Crippen LogP contribution in [0.15, 0.2) is 0 Å². The molecule has 182 valence electrons. The zero-order valence-electron chi connectivity index (χ0n) is 20.4. The lowest BCUT2D eigenvalue weighted by molar-refractivity contribution is 0.00318. The van der Waals surface area contributed by atoms with E-state index in [0.717, 1.165) is 12.5 Å². The van der Waals surface area contributed by atoms with Gasteiger partial charge in [0, 0.05) is 25.9 Å². The summed E-state index contributed by atoms with van der Waals surface area (Å²) in [5, 5.41) is 0. The van der Waals surface area contributed by atoms with Crippen molar-refractivity contribution < 1.29 is 27.5 Å². The van der Waals surface area contributed by atoms with E-state index in [1.807, 2.05) is 20.8 Å². The van der Waals surface area contributed by atoms with Gasteiger partial charge in [0.15, 0.2) is 0 Å². The second-order valence-electron chi connectivity index (χ2n) is 7.40. The Hall–Kier alpha value is -0.0231. The van der Waals surface area contributed by atoms with E-state index in [2.05, 4.69) is 6.92 Å². The van der Waals surface area contributed by atoms with Crippen LogP contribution >= 0.6 is 0 Å². The molecule has 6 nitrogen and oxygen atoms in total. The van der Waals surface area contributed by atoms with Gasteiger partial charge in [-0.05, 0) is 27.2 Å². The summed E-state index contributed by atoms with van der Waals surface area (Å²) in [6.45, 7) is 13.5. The van der Waals surface area contributed by atoms with Gasteiger partial charge in [-0.2, -0.15) is 0 Å². The number of rotatable bonds is 25. The van der Waals surface area contributed by atoms with E-state index in [1.54, 1.807) is 0 Å². The predicted molar refractivity (Wildman–Crippen MR) is 125 cm³/mol. The minimum absolute atomic E-state index is 0.501. The van der Waals surface area contributed by atoms with Crippen LogP contribution in [0.5, 0.6) is 0 Å². The Bertz CT molecular complexity index is 302. The molecule has 0 aliphatic carbocycles. The maximum absolute atomic E-state index is 6.22. The van der Waals surface area contributed by atoms with Gasteiger partial charge in [0.2, 0.25) is 0 Å². The Morgan fingerprint density at radius 3 is 1.17 bits per heavy atom. The Labute approximate surface area is 187 Å². The highest BCUT2D eigenvalue weighted by molar-refractivity contribution is 6.60. The molecule has 0 aromatic rings. The lowest BCUT2D eigenvalue weighted by Crippen LogP contribution is -2.48. The minimum Gasteiger partial charge on any atom is -0.379 e. The van der Waals surface area contributed by atoms with Gasteiger partial charge in [0.05, 0.1) is 39.6 Å². The molecule has 0 rings (SSSR count). The molecule has 0 atom stereocenters. The highest BCUT2D eigenvalue weighted by Crippen LogP contribution is 2.21. The summed E-state index contributed by atoms with van der Waals surface area (Å²) in [6.07, 6.45) is 11.6. The van der Waals surface area contributed by atoms with Crippen molar-refractivity contribution in [1.29, 1.82) is 0 Å². The average molecular weight is 451 g/mol. The van der Waals surface area contributed by atoms with E-state index < -0.39 is 8.80 Å². The second-order valence-corrected chi connectivity index (χ2v) is 10.1. The maximum Gasteiger partial charge on any atom is 0.501 e. The van der Waals surface area contributed by atoms with Crippen LogP contribution in [-0.4, -0.2) is 68.3 Å². The second kappa shape index (κ2) is 23.6. The zero-order chi connectivity index (χ0) is 22.2. The fourth-order valence-electron chi connectivity index (χ4n) is 3.19. The smallest absolute Gasteiger partial charge is 0.379 e. The van der Waals surface area contributed by atoms with Crippen molar-refractivity contribution in [3.05, 3.63) is 0 Å². The molecule has 0 saturated heterocycles. The van der Waals surface area contributed by atoms with Crippen molar-refractivity contribution in [2.75, 3.05) is 59.5 Å². The molecule has 0 radical (unpaired) electrons. The van der Waals surface area contributed by atoms with Crippen molar-refractivity contribution in [3.63, 3.8) is 0 Å². The summed E-state index contributed by atoms with van der Waals surface area (Å²) in [5.41, 5.74) is 0. The van der Waals surface area contributed by atoms with Crippen molar-refractivity contribution in [3.8, 4) is 0 Å². The van der Waals surface area contributed by atoms with E-state index in [9.17, 15) is 0 Å². The molecule has 0 aliphatic rings. The van der Waals surface area contributed by atoms with Gasteiger partial charge >= 0.3 is 8.80 Å². The molecule has 0 fully saturated rings. The highest BCUT2D eigenvalue weighted by Gasteiger charge is 2.40. The Kier molecular flexibility index (Phi) is 23.6. The fourth-order valence-corrected chi connectivity index (χ4v) is 5.74. The fraction of sp³-hybridized carbons (Fsp3) is 1.00. The van der Waals surface area contributed by atoms with Gasteiger partial charge in [-0.1, -0.05) is 58.3 Å². The normalized spacial score (nSPS) is 12.0. The lowest BCUT2D eigenvalue weighted by atomic mass is 10.1. The van der Waals surface area contributed by atoms with E-state index >= 15 is 0 Å². The van der Waals surface area contributed by atoms with Gasteiger partial charge in [-0.25, -0.2) is 0 Å². The van der Waals surface area contributed by atoms with Crippen LogP contribution in [0.3, 0.4) is 0 Å². The SMILES string of the molecule is CCCCCCCCCCC[Si](OCCOCC)(OCCOCC)OCCOCC. The largest absolute Gasteiger partial charge is 0.501 e. The molecule has 0 amide bonds. The standard InChI is InChI=1S/C23H50O6Si/c1-5-9-10-11-12-13-14-15-16-23-30(27-20-17-24-6-2,28-21-18-25-7-3)29-22-19-26-8-4/h5-23H2,1-4H3. The molecule has 0 bridgehead atoms. The first kappa shape index (κ1) is 30.0. The van der Waals surface area contributed by atoms with E-state index in [4.69, 9.17) is 27.5 Å². The molecular weight excluding hydrogens is 400 g/mol. The molecule has 0 aromatic heterocycles. The Morgan fingerprint density at radius 2 is 0.800 bits per heavy atom. The monoisotopic (exact) mass is 450 g/mol. The maximum atomic E-state index is 6.22. The number of unbranched alkanes of at least 4 members (excludes halogenated alkanes) is 8. The quantitative estimate of drug-likeness (QED) is 0.133. The molecule has 0 spiro atoms. The van der Waals surface area contributed by atoms with Gasteiger partial charge in [-0.15, -0.1) is 0 Å². The third-order valence-corrected chi connectivity index (χ3v) is 7.75. The Morgan fingerprint density at radius 1 is 0.433 bits per heavy atom. The van der Waals surface area contributed by atoms with Crippen LogP contribution in [0.1, 0.15) is 85.5 Å². The first-order valence-electron chi connectivity index (χ1n) is 12.4. The van der Waals surface area contributed by atoms with Gasteiger partial charge in [0.25, 0.3) is 0 Å². The summed E-state index contributed by atoms with van der Waals surface area (Å²) in [7, 11) is -2.77. The summed E-state index contributed by atoms with van der Waals surface area (Å²) < 4.78 is 35.0. The van der Waals surface area contributed by atoms with E-state index in [1.165, 1.54) is 51.4 Å². The zero-order valence-corrected chi connectivity index (χ0v) is 21.4. The molecule has 0 unspecified atom stereocenters. The molecule has 0 heterocycles. The van der Waals surface area contributed by atoms with E-state index in [-0.39, 0.29) is 0 Å². The molecule has 0 aromatic carbocycles. The molecule has 0 saturated carbocycles. The van der Waals surface area contributed by atoms with Gasteiger partial charge in [0.1, 0.15) is 0 Å². The van der Waals surface area contributed by atoms with Crippen LogP contribution < -0.4 is 0 Å². The van der Waals surface area contributed by atoms with Gasteiger partial charge in [-0.3, -0.25) is 0 Å². The first-order valence-corrected chi connectivity index (χ1v) is 14.3. The van der Waals surface area contributed by atoms with Crippen molar-refractivity contribution in [1.82, 2.24) is 0 Å². The van der Waals surface area contributed by atoms with Crippen LogP contribution in [0.2, 0.25) is 6.04 Å². The molecular formula is C23H50O6Si. The summed E-state index contributed by atoms with van der Waals surface area (Å²) in [5.74, 6) is 0. The molecule has 0 aliphatic heterocycles. The summed E-state index contributed by atoms with van der Waals surface area (Å²) >= 11 is 0.